The second-order valence-corrected chi connectivity index (χ2v) is 9.19. The van der Waals surface area contributed by atoms with Crippen molar-refractivity contribution in [2.24, 2.45) is 0 Å². The first-order valence-corrected chi connectivity index (χ1v) is 11.9. The third-order valence-electron chi connectivity index (χ3n) is 7.01. The smallest absolute Gasteiger partial charge is 0.260 e. The third kappa shape index (κ3) is 3.43. The number of rotatable bonds is 3. The quantitative estimate of drug-likeness (QED) is 0.315. The van der Waals surface area contributed by atoms with Crippen molar-refractivity contribution in [3.63, 3.8) is 0 Å². The van der Waals surface area contributed by atoms with Crippen molar-refractivity contribution in [3.05, 3.63) is 127 Å². The lowest BCUT2D eigenvalue weighted by Crippen LogP contribution is -2.51. The van der Waals surface area contributed by atoms with Gasteiger partial charge in [0.2, 0.25) is 0 Å². The minimum atomic E-state index is -0.0279. The lowest BCUT2D eigenvalue weighted by molar-refractivity contribution is 0.433. The molecule has 0 unspecified atom stereocenters. The minimum absolute atomic E-state index is 0.0279. The molecule has 0 spiro atoms. The SMILES string of the molecule is C=C/C=C1/B2c3ccc(-c4ccccc4C)cc3Oc3cc(-c4ccccc4C)cc(c32)OC1=C. The second kappa shape index (κ2) is 8.21. The highest BCUT2D eigenvalue weighted by Gasteiger charge is 2.41. The molecule has 3 heteroatoms. The molecule has 0 saturated heterocycles. The van der Waals surface area contributed by atoms with E-state index in [1.54, 1.807) is 6.08 Å². The van der Waals surface area contributed by atoms with Gasteiger partial charge in [-0.25, -0.2) is 0 Å². The highest BCUT2D eigenvalue weighted by atomic mass is 16.5. The van der Waals surface area contributed by atoms with Crippen LogP contribution in [0.1, 0.15) is 11.1 Å². The number of allylic oxidation sites excluding steroid dienone is 3. The highest BCUT2D eigenvalue weighted by molar-refractivity contribution is 6.94. The van der Waals surface area contributed by atoms with Gasteiger partial charge in [-0.05, 0) is 76.4 Å². The van der Waals surface area contributed by atoms with Crippen molar-refractivity contribution >= 4 is 17.6 Å². The van der Waals surface area contributed by atoms with E-state index < -0.39 is 0 Å². The van der Waals surface area contributed by atoms with Crippen molar-refractivity contribution in [2.45, 2.75) is 13.8 Å². The number of ether oxygens (including phenoxy) is 2. The molecule has 0 radical (unpaired) electrons. The van der Waals surface area contributed by atoms with Crippen molar-refractivity contribution in [1.29, 1.82) is 0 Å². The van der Waals surface area contributed by atoms with Crippen LogP contribution in [-0.2, 0) is 0 Å². The van der Waals surface area contributed by atoms with Crippen LogP contribution in [0.25, 0.3) is 22.3 Å². The largest absolute Gasteiger partial charge is 0.459 e. The van der Waals surface area contributed by atoms with Gasteiger partial charge in [-0.15, -0.1) is 0 Å². The predicted octanol–water partition coefficient (Wildman–Crippen LogP) is 6.91. The average molecular weight is 452 g/mol. The van der Waals surface area contributed by atoms with Gasteiger partial charge in [-0.3, -0.25) is 0 Å². The number of hydrogen-bond acceptors (Lipinski definition) is 2. The van der Waals surface area contributed by atoms with Crippen LogP contribution in [0.3, 0.4) is 0 Å². The maximum Gasteiger partial charge on any atom is 0.260 e. The standard InChI is InChI=1S/C32H25BO2/c1-5-10-27-22(4)34-30-18-24(26-14-9-7-12-21(26)3)19-31-32(30)33(27)28-16-15-23(17-29(28)35-31)25-13-8-6-11-20(25)2/h5-19H,1,4H2,2-3H3/b27-10+. The number of aryl methyl sites for hydroxylation is 2. The first kappa shape index (κ1) is 21.3. The van der Waals surface area contributed by atoms with Crippen LogP contribution in [0, 0.1) is 13.8 Å². The molecule has 2 aliphatic rings. The normalized spacial score (nSPS) is 14.6. The molecule has 0 aliphatic carbocycles. The molecular weight excluding hydrogens is 427 g/mol. The maximum atomic E-state index is 6.63. The van der Waals surface area contributed by atoms with E-state index in [9.17, 15) is 0 Å². The predicted molar refractivity (Wildman–Crippen MR) is 146 cm³/mol. The molecule has 2 aliphatic heterocycles. The van der Waals surface area contributed by atoms with Crippen molar-refractivity contribution in [3.8, 4) is 39.5 Å². The van der Waals surface area contributed by atoms with Crippen LogP contribution in [0.15, 0.2) is 115 Å². The van der Waals surface area contributed by atoms with Gasteiger partial charge in [0, 0.05) is 5.46 Å². The van der Waals surface area contributed by atoms with Crippen molar-refractivity contribution < 1.29 is 9.47 Å². The van der Waals surface area contributed by atoms with E-state index in [0.717, 1.165) is 50.3 Å². The van der Waals surface area contributed by atoms with Gasteiger partial charge >= 0.3 is 0 Å². The Morgan fingerprint density at radius 2 is 1.31 bits per heavy atom. The van der Waals surface area contributed by atoms with E-state index in [2.05, 4.69) is 106 Å². The van der Waals surface area contributed by atoms with E-state index in [1.165, 1.54) is 16.7 Å². The Morgan fingerprint density at radius 3 is 1.97 bits per heavy atom. The van der Waals surface area contributed by atoms with E-state index in [4.69, 9.17) is 9.47 Å². The van der Waals surface area contributed by atoms with Crippen LogP contribution in [0.4, 0.5) is 0 Å². The molecule has 0 amide bonds. The van der Waals surface area contributed by atoms with Gasteiger partial charge in [0.25, 0.3) is 6.71 Å². The summed E-state index contributed by atoms with van der Waals surface area (Å²) >= 11 is 0. The third-order valence-corrected chi connectivity index (χ3v) is 7.01. The molecule has 0 fully saturated rings. The van der Waals surface area contributed by atoms with Crippen LogP contribution in [0.2, 0.25) is 0 Å². The van der Waals surface area contributed by atoms with Crippen LogP contribution in [0.5, 0.6) is 17.2 Å². The molecule has 168 valence electrons. The first-order chi connectivity index (χ1) is 17.0. The Bertz CT molecular complexity index is 1560. The van der Waals surface area contributed by atoms with E-state index in [-0.39, 0.29) is 6.71 Å². The zero-order valence-corrected chi connectivity index (χ0v) is 20.0. The highest BCUT2D eigenvalue weighted by Crippen LogP contribution is 2.41. The first-order valence-electron chi connectivity index (χ1n) is 11.9. The second-order valence-electron chi connectivity index (χ2n) is 9.19. The van der Waals surface area contributed by atoms with Crippen molar-refractivity contribution in [2.75, 3.05) is 0 Å². The Balaban J connectivity index is 1.58. The van der Waals surface area contributed by atoms with Crippen LogP contribution in [-0.4, -0.2) is 6.71 Å². The molecule has 0 aromatic heterocycles. The number of benzene rings is 4. The summed E-state index contributed by atoms with van der Waals surface area (Å²) in [4.78, 5) is 0. The van der Waals surface area contributed by atoms with Crippen LogP contribution < -0.4 is 20.4 Å². The lowest BCUT2D eigenvalue weighted by Gasteiger charge is -2.34. The van der Waals surface area contributed by atoms with Gasteiger partial charge in [0.05, 0.1) is 0 Å². The van der Waals surface area contributed by atoms with Gasteiger partial charge < -0.3 is 9.47 Å². The molecule has 0 N–H and O–H groups in total. The molecule has 0 bridgehead atoms. The molecule has 2 heterocycles. The zero-order valence-electron chi connectivity index (χ0n) is 20.0. The molecule has 4 aromatic carbocycles. The average Bonchev–Trinajstić information content (AvgIpc) is 2.86. The molecule has 35 heavy (non-hydrogen) atoms. The summed E-state index contributed by atoms with van der Waals surface area (Å²) in [6.07, 6.45) is 3.80. The Kier molecular flexibility index (Phi) is 5.00. The van der Waals surface area contributed by atoms with Gasteiger partial charge in [-0.2, -0.15) is 0 Å². The summed E-state index contributed by atoms with van der Waals surface area (Å²) < 4.78 is 12.9. The van der Waals surface area contributed by atoms with Gasteiger partial charge in [0.1, 0.15) is 23.0 Å². The fourth-order valence-electron chi connectivity index (χ4n) is 5.30. The minimum Gasteiger partial charge on any atom is -0.459 e. The fraction of sp³-hybridized carbons (Fsp3) is 0.0625. The zero-order chi connectivity index (χ0) is 24.1. The number of hydrogen-bond donors (Lipinski definition) is 0. The monoisotopic (exact) mass is 452 g/mol. The Labute approximate surface area is 206 Å². The molecule has 6 rings (SSSR count). The summed E-state index contributed by atoms with van der Waals surface area (Å²) in [7, 11) is 0. The topological polar surface area (TPSA) is 18.5 Å². The fourth-order valence-corrected chi connectivity index (χ4v) is 5.30. The number of fused-ring (bicyclic) bond motifs is 2. The molecule has 2 nitrogen and oxygen atoms in total. The van der Waals surface area contributed by atoms with E-state index in [1.807, 2.05) is 6.08 Å². The summed E-state index contributed by atoms with van der Waals surface area (Å²) in [5.41, 5.74) is 10.2. The summed E-state index contributed by atoms with van der Waals surface area (Å²) in [6, 6.07) is 27.6. The molecule has 0 atom stereocenters. The van der Waals surface area contributed by atoms with E-state index >= 15 is 0 Å². The molecule has 0 saturated carbocycles. The molecular formula is C32H25BO2. The van der Waals surface area contributed by atoms with E-state index in [0.29, 0.717) is 5.76 Å². The Hall–Kier alpha value is -4.24. The van der Waals surface area contributed by atoms with Crippen molar-refractivity contribution in [1.82, 2.24) is 0 Å². The summed E-state index contributed by atoms with van der Waals surface area (Å²) in [6.45, 7) is 12.4. The molecule has 4 aromatic rings. The lowest BCUT2D eigenvalue weighted by atomic mass is 9.34. The van der Waals surface area contributed by atoms with Crippen LogP contribution >= 0.6 is 0 Å². The Morgan fingerprint density at radius 1 is 0.714 bits per heavy atom. The summed E-state index contributed by atoms with van der Waals surface area (Å²) in [5.74, 6) is 3.13. The maximum absolute atomic E-state index is 6.63. The van der Waals surface area contributed by atoms with Gasteiger partial charge in [-0.1, -0.05) is 86.0 Å². The summed E-state index contributed by atoms with van der Waals surface area (Å²) in [5, 5.41) is 0. The van der Waals surface area contributed by atoms with Gasteiger partial charge in [0.15, 0.2) is 0 Å².